The second-order valence-corrected chi connectivity index (χ2v) is 12.4. The van der Waals surface area contributed by atoms with Crippen molar-refractivity contribution < 1.29 is 48.2 Å². The van der Waals surface area contributed by atoms with Gasteiger partial charge in [-0.05, 0) is 55.4 Å². The van der Waals surface area contributed by atoms with Gasteiger partial charge in [-0.15, -0.1) is 5.06 Å². The molecule has 1 heterocycles. The van der Waals surface area contributed by atoms with Crippen molar-refractivity contribution in [3.8, 4) is 0 Å². The first-order valence-corrected chi connectivity index (χ1v) is 14.0. The topological polar surface area (TPSA) is 161 Å². The van der Waals surface area contributed by atoms with Crippen LogP contribution in [-0.2, 0) is 43.1 Å². The Morgan fingerprint density at radius 3 is 2.33 bits per heavy atom. The minimum Gasteiger partial charge on any atom is -0.458 e. The molecule has 6 unspecified atom stereocenters. The van der Waals surface area contributed by atoms with E-state index in [4.69, 9.17) is 9.57 Å². The Kier molecular flexibility index (Phi) is 7.09. The summed E-state index contributed by atoms with van der Waals surface area (Å²) in [7, 11) is 0. The molecule has 3 saturated carbocycles. The van der Waals surface area contributed by atoms with Crippen molar-refractivity contribution in [2.45, 2.75) is 90.1 Å². The van der Waals surface area contributed by atoms with Crippen molar-refractivity contribution in [2.75, 3.05) is 6.61 Å². The molecule has 0 radical (unpaired) electrons. The number of aliphatic hydroxyl groups is 1. The van der Waals surface area contributed by atoms with Gasteiger partial charge in [-0.1, -0.05) is 19.4 Å². The van der Waals surface area contributed by atoms with Crippen LogP contribution in [0.1, 0.15) is 84.5 Å². The summed E-state index contributed by atoms with van der Waals surface area (Å²) in [6, 6.07) is 0. The van der Waals surface area contributed by atoms with Crippen LogP contribution < -0.4 is 0 Å². The summed E-state index contributed by atoms with van der Waals surface area (Å²) in [4.78, 5) is 91.0. The van der Waals surface area contributed by atoms with Crippen molar-refractivity contribution in [2.24, 2.45) is 28.6 Å². The first-order chi connectivity index (χ1) is 18.8. The highest BCUT2D eigenvalue weighted by Gasteiger charge is 2.68. The van der Waals surface area contributed by atoms with Gasteiger partial charge in [0.05, 0.1) is 12.8 Å². The molecule has 0 bridgehead atoms. The maximum absolute atomic E-state index is 13.7. The summed E-state index contributed by atoms with van der Waals surface area (Å²) in [5.41, 5.74) is -2.18. The fourth-order valence-corrected chi connectivity index (χ4v) is 8.19. The monoisotopic (exact) mass is 557 g/mol. The Morgan fingerprint density at radius 2 is 1.62 bits per heavy atom. The van der Waals surface area contributed by atoms with E-state index in [0.717, 1.165) is 18.4 Å². The first-order valence-electron chi connectivity index (χ1n) is 14.0. The molecule has 11 nitrogen and oxygen atoms in total. The Bertz CT molecular complexity index is 1220. The smallest absolute Gasteiger partial charge is 0.333 e. The van der Waals surface area contributed by atoms with Crippen molar-refractivity contribution in [1.29, 1.82) is 0 Å². The van der Waals surface area contributed by atoms with Crippen LogP contribution >= 0.6 is 0 Å². The molecule has 4 aliphatic carbocycles. The normalized spacial score (nSPS) is 36.9. The van der Waals surface area contributed by atoms with E-state index >= 15 is 0 Å². The van der Waals surface area contributed by atoms with Gasteiger partial charge in [-0.3, -0.25) is 28.8 Å². The predicted molar refractivity (Wildman–Crippen MR) is 134 cm³/mol. The summed E-state index contributed by atoms with van der Waals surface area (Å²) in [5.74, 6) is -4.01. The van der Waals surface area contributed by atoms with Crippen molar-refractivity contribution in [1.82, 2.24) is 5.06 Å². The zero-order valence-corrected chi connectivity index (χ0v) is 22.9. The molecule has 2 amide bonds. The van der Waals surface area contributed by atoms with Gasteiger partial charge in [-0.2, -0.15) is 0 Å². The lowest BCUT2D eigenvalue weighted by atomic mass is 9.46. The second-order valence-electron chi connectivity index (χ2n) is 12.4. The van der Waals surface area contributed by atoms with Gasteiger partial charge in [0.1, 0.15) is 11.4 Å². The Balaban J connectivity index is 1.20. The van der Waals surface area contributed by atoms with Crippen LogP contribution in [0.3, 0.4) is 0 Å². The number of allylic oxidation sites excluding steroid dienone is 1. The van der Waals surface area contributed by atoms with Gasteiger partial charge in [-0.25, -0.2) is 4.79 Å². The number of rotatable bonds is 7. The first kappa shape index (κ1) is 28.3. The molecule has 1 N–H and O–H groups in total. The number of ketones is 3. The molecule has 5 aliphatic rings. The summed E-state index contributed by atoms with van der Waals surface area (Å²) < 4.78 is 5.07. The number of Topliss-reactive ketones (excluding diaryl/α,β-unsaturated/α-hetero) is 2. The van der Waals surface area contributed by atoms with Crippen LogP contribution in [0.5, 0.6) is 0 Å². The Morgan fingerprint density at radius 1 is 0.950 bits per heavy atom. The zero-order valence-electron chi connectivity index (χ0n) is 22.9. The molecule has 1 saturated heterocycles. The molecule has 4 fully saturated rings. The van der Waals surface area contributed by atoms with Gasteiger partial charge in [0.15, 0.2) is 12.4 Å². The molecular formula is C29H35NO10. The van der Waals surface area contributed by atoms with E-state index in [-0.39, 0.29) is 60.4 Å². The highest BCUT2D eigenvalue weighted by molar-refractivity contribution is 6.01. The molecule has 0 spiro atoms. The average Bonchev–Trinajstić information content (AvgIpc) is 3.36. The summed E-state index contributed by atoms with van der Waals surface area (Å²) in [6.07, 6.45) is 3.94. The molecular weight excluding hydrogens is 522 g/mol. The summed E-state index contributed by atoms with van der Waals surface area (Å²) >= 11 is 0. The molecule has 1 aliphatic heterocycles. The fourth-order valence-electron chi connectivity index (χ4n) is 8.19. The number of hydrogen-bond acceptors (Lipinski definition) is 10. The standard InChI is InChI=1S/C29H35NO10/c1-27-11-9-17(31)13-16(27)3-4-18-19-10-12-29(38,28(19,2)14-20(32)26(18)27)21(33)15-39-24(36)7-8-25(37)40-30-22(34)5-6-23(30)35/h13,18-19,26,38H,3-12,14-15H2,1-2H3. The van der Waals surface area contributed by atoms with E-state index < -0.39 is 60.0 Å². The van der Waals surface area contributed by atoms with E-state index in [1.165, 1.54) is 0 Å². The number of hydrogen-bond donors (Lipinski definition) is 1. The molecule has 0 aromatic rings. The number of carbonyl (C=O) groups is 7. The third kappa shape index (κ3) is 4.42. The number of hydroxylamine groups is 2. The van der Waals surface area contributed by atoms with Gasteiger partial charge >= 0.3 is 11.9 Å². The van der Waals surface area contributed by atoms with E-state index in [9.17, 15) is 38.7 Å². The molecule has 0 aromatic carbocycles. The molecule has 216 valence electrons. The van der Waals surface area contributed by atoms with Crippen molar-refractivity contribution in [3.63, 3.8) is 0 Å². The number of fused-ring (bicyclic) bond motifs is 5. The van der Waals surface area contributed by atoms with E-state index in [1.54, 1.807) is 13.0 Å². The molecule has 0 aromatic heterocycles. The Labute approximate surface area is 231 Å². The number of amides is 2. The minimum atomic E-state index is -1.84. The average molecular weight is 558 g/mol. The van der Waals surface area contributed by atoms with E-state index in [0.29, 0.717) is 24.3 Å². The molecule has 5 rings (SSSR count). The highest BCUT2D eigenvalue weighted by atomic mass is 16.7. The maximum Gasteiger partial charge on any atom is 0.333 e. The molecule has 6 atom stereocenters. The lowest BCUT2D eigenvalue weighted by molar-refractivity contribution is -0.197. The fraction of sp³-hybridized carbons (Fsp3) is 0.690. The van der Waals surface area contributed by atoms with Crippen molar-refractivity contribution >= 4 is 41.1 Å². The summed E-state index contributed by atoms with van der Waals surface area (Å²) in [5, 5.41) is 12.1. The molecule has 11 heteroatoms. The summed E-state index contributed by atoms with van der Waals surface area (Å²) in [6.45, 7) is 3.16. The van der Waals surface area contributed by atoms with Crippen LogP contribution in [0.15, 0.2) is 11.6 Å². The van der Waals surface area contributed by atoms with Crippen LogP contribution in [0.4, 0.5) is 0 Å². The number of imide groups is 1. The third-order valence-corrected chi connectivity index (χ3v) is 10.4. The lowest BCUT2D eigenvalue weighted by Gasteiger charge is -2.57. The van der Waals surface area contributed by atoms with Crippen molar-refractivity contribution in [3.05, 3.63) is 11.6 Å². The van der Waals surface area contributed by atoms with Crippen LogP contribution in [0.25, 0.3) is 0 Å². The number of nitrogens with zero attached hydrogens (tertiary/aromatic N) is 1. The minimum absolute atomic E-state index is 0.00444. The molecule has 40 heavy (non-hydrogen) atoms. The van der Waals surface area contributed by atoms with Gasteiger partial charge in [0, 0.05) is 37.0 Å². The second kappa shape index (κ2) is 10.0. The van der Waals surface area contributed by atoms with Gasteiger partial charge in [0.2, 0.25) is 5.78 Å². The largest absolute Gasteiger partial charge is 0.458 e. The maximum atomic E-state index is 13.7. The zero-order chi connectivity index (χ0) is 29.0. The van der Waals surface area contributed by atoms with Gasteiger partial charge < -0.3 is 14.7 Å². The lowest BCUT2D eigenvalue weighted by Crippen LogP contribution is -2.61. The number of ether oxygens (including phenoxy) is 1. The highest BCUT2D eigenvalue weighted by Crippen LogP contribution is 2.66. The van der Waals surface area contributed by atoms with E-state index in [2.05, 4.69) is 6.92 Å². The predicted octanol–water partition coefficient (Wildman–Crippen LogP) is 1.93. The van der Waals surface area contributed by atoms with Gasteiger partial charge in [0.25, 0.3) is 11.8 Å². The van der Waals surface area contributed by atoms with Crippen LogP contribution in [-0.4, -0.2) is 63.5 Å². The van der Waals surface area contributed by atoms with Crippen LogP contribution in [0.2, 0.25) is 0 Å². The quantitative estimate of drug-likeness (QED) is 0.362. The van der Waals surface area contributed by atoms with E-state index in [1.807, 2.05) is 0 Å². The SMILES string of the molecule is CC12CCC(=O)C=C1CCC1C2C(=O)CC2(C)C1CCC2(O)C(=O)COC(=O)CCC(=O)ON1C(=O)CCC1=O. The van der Waals surface area contributed by atoms with Crippen LogP contribution in [0, 0.1) is 28.6 Å². The third-order valence-electron chi connectivity index (χ3n) is 10.4. The Hall–Kier alpha value is -3.21. The number of esters is 1. The number of carbonyl (C=O) groups excluding carboxylic acids is 7.